The molecule has 1 aliphatic rings. The van der Waals surface area contributed by atoms with Gasteiger partial charge in [-0.3, -0.25) is 0 Å². The maximum atomic E-state index is 14.2. The molecule has 4 heterocycles. The fraction of sp³-hybridized carbons (Fsp3) is 0.316. The first-order chi connectivity index (χ1) is 14.2. The van der Waals surface area contributed by atoms with Crippen molar-refractivity contribution in [2.75, 3.05) is 12.4 Å². The van der Waals surface area contributed by atoms with Gasteiger partial charge in [0, 0.05) is 13.7 Å². The van der Waals surface area contributed by atoms with E-state index in [9.17, 15) is 4.39 Å². The number of hydrogen-bond donors (Lipinski definition) is 1. The van der Waals surface area contributed by atoms with E-state index in [-0.39, 0.29) is 11.9 Å². The van der Waals surface area contributed by atoms with Crippen LogP contribution < -0.4 is 5.32 Å². The standard InChI is InChI=1S/C19H19FN8O/c1-29-11-16-22-19-14(7-4-10-27(19)25-16)21-15-8-9-17-23-24-18(28(17)26-15)12-5-2-3-6-13(12)20/h2-3,5-6,8-9,14H,4,7,10-11H2,1H3,(H,21,26). The summed E-state index contributed by atoms with van der Waals surface area (Å²) >= 11 is 0. The van der Waals surface area contributed by atoms with Gasteiger partial charge in [0.1, 0.15) is 24.1 Å². The van der Waals surface area contributed by atoms with Crippen LogP contribution in [-0.4, -0.2) is 41.7 Å². The van der Waals surface area contributed by atoms with Crippen molar-refractivity contribution in [3.8, 4) is 11.4 Å². The third kappa shape index (κ3) is 3.21. The second-order valence-electron chi connectivity index (χ2n) is 6.87. The molecule has 0 saturated heterocycles. The first kappa shape index (κ1) is 17.7. The summed E-state index contributed by atoms with van der Waals surface area (Å²) in [5.41, 5.74) is 0.897. The third-order valence-electron chi connectivity index (χ3n) is 4.89. The summed E-state index contributed by atoms with van der Waals surface area (Å²) in [4.78, 5) is 4.60. The summed E-state index contributed by atoms with van der Waals surface area (Å²) < 4.78 is 22.8. The van der Waals surface area contributed by atoms with Gasteiger partial charge in [0.2, 0.25) is 0 Å². The second kappa shape index (κ2) is 7.21. The van der Waals surface area contributed by atoms with Crippen molar-refractivity contribution in [2.45, 2.75) is 32.0 Å². The minimum atomic E-state index is -0.368. The van der Waals surface area contributed by atoms with Gasteiger partial charge in [-0.2, -0.15) is 9.61 Å². The smallest absolute Gasteiger partial charge is 0.188 e. The van der Waals surface area contributed by atoms with Gasteiger partial charge in [-0.05, 0) is 37.1 Å². The number of halogens is 1. The van der Waals surface area contributed by atoms with Crippen LogP contribution in [0.5, 0.6) is 0 Å². The number of hydrogen-bond acceptors (Lipinski definition) is 7. The van der Waals surface area contributed by atoms with Crippen LogP contribution in [0.2, 0.25) is 0 Å². The molecule has 1 aromatic carbocycles. The van der Waals surface area contributed by atoms with E-state index in [1.165, 1.54) is 6.07 Å². The van der Waals surface area contributed by atoms with Crippen molar-refractivity contribution < 1.29 is 9.13 Å². The lowest BCUT2D eigenvalue weighted by atomic mass is 10.1. The number of rotatable bonds is 5. The Morgan fingerprint density at radius 2 is 2.07 bits per heavy atom. The van der Waals surface area contributed by atoms with Gasteiger partial charge in [-0.25, -0.2) is 14.1 Å². The van der Waals surface area contributed by atoms with Gasteiger partial charge in [-0.1, -0.05) is 12.1 Å². The Morgan fingerprint density at radius 1 is 1.17 bits per heavy atom. The van der Waals surface area contributed by atoms with Crippen LogP contribution >= 0.6 is 0 Å². The lowest BCUT2D eigenvalue weighted by Gasteiger charge is -2.23. The number of nitrogens with one attached hydrogen (secondary N) is 1. The first-order valence-corrected chi connectivity index (χ1v) is 9.39. The fourth-order valence-corrected chi connectivity index (χ4v) is 3.58. The van der Waals surface area contributed by atoms with Gasteiger partial charge < -0.3 is 10.1 Å². The zero-order valence-corrected chi connectivity index (χ0v) is 15.8. The van der Waals surface area contributed by atoms with E-state index in [1.54, 1.807) is 35.9 Å². The number of aromatic nitrogens is 7. The van der Waals surface area contributed by atoms with E-state index in [0.717, 1.165) is 25.2 Å². The fourth-order valence-electron chi connectivity index (χ4n) is 3.58. The monoisotopic (exact) mass is 394 g/mol. The molecule has 0 saturated carbocycles. The van der Waals surface area contributed by atoms with E-state index in [0.29, 0.717) is 35.3 Å². The normalized spacial score (nSPS) is 16.1. The van der Waals surface area contributed by atoms with E-state index >= 15 is 0 Å². The molecule has 1 atom stereocenters. The van der Waals surface area contributed by atoms with Gasteiger partial charge in [-0.15, -0.1) is 15.3 Å². The molecule has 4 aromatic rings. The Morgan fingerprint density at radius 3 is 2.93 bits per heavy atom. The number of nitrogens with zero attached hydrogens (tertiary/aromatic N) is 7. The molecule has 0 amide bonds. The highest BCUT2D eigenvalue weighted by atomic mass is 19.1. The summed E-state index contributed by atoms with van der Waals surface area (Å²) in [6.45, 7) is 1.21. The molecule has 10 heteroatoms. The number of benzene rings is 1. The van der Waals surface area contributed by atoms with Crippen LogP contribution in [0.25, 0.3) is 17.0 Å². The molecule has 5 rings (SSSR count). The molecule has 0 fully saturated rings. The Balaban J connectivity index is 1.48. The average molecular weight is 394 g/mol. The second-order valence-corrected chi connectivity index (χ2v) is 6.87. The molecule has 0 bridgehead atoms. The minimum absolute atomic E-state index is 0.0276. The largest absolute Gasteiger partial charge is 0.377 e. The van der Waals surface area contributed by atoms with Crippen LogP contribution in [-0.2, 0) is 17.9 Å². The summed E-state index contributed by atoms with van der Waals surface area (Å²) in [6, 6.07) is 10.1. The molecule has 1 N–H and O–H groups in total. The van der Waals surface area contributed by atoms with Crippen LogP contribution in [0.4, 0.5) is 10.2 Å². The summed E-state index contributed by atoms with van der Waals surface area (Å²) in [6.07, 6.45) is 1.89. The predicted molar refractivity (Wildman–Crippen MR) is 103 cm³/mol. The summed E-state index contributed by atoms with van der Waals surface area (Å²) in [7, 11) is 1.63. The zero-order chi connectivity index (χ0) is 19.8. The van der Waals surface area contributed by atoms with Crippen LogP contribution in [0.1, 0.15) is 30.5 Å². The molecule has 0 radical (unpaired) electrons. The predicted octanol–water partition coefficient (Wildman–Crippen LogP) is 2.62. The van der Waals surface area contributed by atoms with Gasteiger partial charge in [0.05, 0.1) is 11.6 Å². The molecular formula is C19H19FN8O. The van der Waals surface area contributed by atoms with Crippen molar-refractivity contribution in [2.24, 2.45) is 0 Å². The van der Waals surface area contributed by atoms with E-state index in [2.05, 4.69) is 30.7 Å². The summed E-state index contributed by atoms with van der Waals surface area (Å²) in [5.74, 6) is 2.15. The Labute approximate surface area is 165 Å². The molecule has 29 heavy (non-hydrogen) atoms. The molecule has 0 aliphatic carbocycles. The highest BCUT2D eigenvalue weighted by molar-refractivity contribution is 5.60. The van der Waals surface area contributed by atoms with Crippen LogP contribution in [0.15, 0.2) is 36.4 Å². The number of methoxy groups -OCH3 is 1. The highest BCUT2D eigenvalue weighted by Crippen LogP contribution is 2.27. The SMILES string of the molecule is COCc1nc2n(n1)CCCC2Nc1ccc2nnc(-c3ccccc3F)n2n1. The zero-order valence-electron chi connectivity index (χ0n) is 15.8. The minimum Gasteiger partial charge on any atom is -0.377 e. The Hall–Kier alpha value is -3.40. The number of aryl methyl sites for hydroxylation is 1. The van der Waals surface area contributed by atoms with Gasteiger partial charge in [0.25, 0.3) is 0 Å². The molecule has 0 spiro atoms. The molecule has 148 valence electrons. The topological polar surface area (TPSA) is 95.0 Å². The van der Waals surface area contributed by atoms with Crippen molar-refractivity contribution in [3.63, 3.8) is 0 Å². The first-order valence-electron chi connectivity index (χ1n) is 9.39. The van der Waals surface area contributed by atoms with Crippen molar-refractivity contribution in [1.82, 2.24) is 34.6 Å². The number of fused-ring (bicyclic) bond motifs is 2. The summed E-state index contributed by atoms with van der Waals surface area (Å²) in [5, 5.41) is 20.7. The van der Waals surface area contributed by atoms with Crippen molar-refractivity contribution in [3.05, 3.63) is 53.9 Å². The van der Waals surface area contributed by atoms with Crippen LogP contribution in [0, 0.1) is 5.82 Å². The number of ether oxygens (including phenoxy) is 1. The highest BCUT2D eigenvalue weighted by Gasteiger charge is 2.25. The van der Waals surface area contributed by atoms with E-state index in [4.69, 9.17) is 4.74 Å². The quantitative estimate of drug-likeness (QED) is 0.556. The maximum absolute atomic E-state index is 14.2. The van der Waals surface area contributed by atoms with Gasteiger partial charge in [0.15, 0.2) is 17.3 Å². The van der Waals surface area contributed by atoms with Crippen molar-refractivity contribution >= 4 is 11.5 Å². The molecule has 3 aromatic heterocycles. The molecular weight excluding hydrogens is 375 g/mol. The lowest BCUT2D eigenvalue weighted by molar-refractivity contribution is 0.177. The molecule has 1 unspecified atom stereocenters. The third-order valence-corrected chi connectivity index (χ3v) is 4.89. The molecule has 1 aliphatic heterocycles. The van der Waals surface area contributed by atoms with Crippen molar-refractivity contribution in [1.29, 1.82) is 0 Å². The number of anilines is 1. The maximum Gasteiger partial charge on any atom is 0.188 e. The van der Waals surface area contributed by atoms with E-state index < -0.39 is 0 Å². The molecule has 9 nitrogen and oxygen atoms in total. The lowest BCUT2D eigenvalue weighted by Crippen LogP contribution is -2.23. The Kier molecular flexibility index (Phi) is 4.39. The van der Waals surface area contributed by atoms with Crippen LogP contribution in [0.3, 0.4) is 0 Å². The van der Waals surface area contributed by atoms with Gasteiger partial charge >= 0.3 is 0 Å². The van der Waals surface area contributed by atoms with E-state index in [1.807, 2.05) is 10.7 Å². The average Bonchev–Trinajstić information content (AvgIpc) is 3.33. The Bertz CT molecular complexity index is 1170.